The van der Waals surface area contributed by atoms with Crippen molar-refractivity contribution in [3.05, 3.63) is 60.4 Å². The number of carbonyl (C=O) groups is 1. The first-order chi connectivity index (χ1) is 13.0. The second-order valence-electron chi connectivity index (χ2n) is 6.33. The maximum absolute atomic E-state index is 14.0. The van der Waals surface area contributed by atoms with E-state index >= 15 is 0 Å². The zero-order valence-electron chi connectivity index (χ0n) is 15.5. The quantitative estimate of drug-likeness (QED) is 0.599. The summed E-state index contributed by atoms with van der Waals surface area (Å²) in [7, 11) is 1.77. The highest BCUT2D eigenvalue weighted by molar-refractivity contribution is 7.99. The molecule has 140 valence electrons. The van der Waals surface area contributed by atoms with E-state index in [9.17, 15) is 9.18 Å². The van der Waals surface area contributed by atoms with Crippen molar-refractivity contribution in [1.29, 1.82) is 0 Å². The zero-order valence-corrected chi connectivity index (χ0v) is 16.3. The highest BCUT2D eigenvalue weighted by Crippen LogP contribution is 2.25. The van der Waals surface area contributed by atoms with Crippen LogP contribution in [-0.2, 0) is 11.8 Å². The Balaban J connectivity index is 1.75. The van der Waals surface area contributed by atoms with Crippen LogP contribution in [0.25, 0.3) is 11.4 Å². The summed E-state index contributed by atoms with van der Waals surface area (Å²) in [6.07, 6.45) is 0. The number of halogens is 1. The van der Waals surface area contributed by atoms with E-state index in [1.54, 1.807) is 34.7 Å². The molecule has 1 heterocycles. The number of para-hydroxylation sites is 1. The third-order valence-electron chi connectivity index (χ3n) is 4.09. The van der Waals surface area contributed by atoms with Gasteiger partial charge in [-0.25, -0.2) is 4.39 Å². The lowest BCUT2D eigenvalue weighted by Gasteiger charge is -2.26. The molecule has 1 aromatic heterocycles. The number of hydrogen-bond acceptors (Lipinski definition) is 4. The third kappa shape index (κ3) is 4.19. The first kappa shape index (κ1) is 19.1. The number of thioether (sulfide) groups is 1. The molecule has 0 atom stereocenters. The molecule has 5 nitrogen and oxygen atoms in total. The van der Waals surface area contributed by atoms with Crippen LogP contribution in [0.5, 0.6) is 0 Å². The molecule has 0 aliphatic carbocycles. The van der Waals surface area contributed by atoms with Gasteiger partial charge in [0.1, 0.15) is 5.82 Å². The molecule has 0 spiro atoms. The van der Waals surface area contributed by atoms with E-state index < -0.39 is 0 Å². The van der Waals surface area contributed by atoms with Crippen molar-refractivity contribution in [2.45, 2.75) is 25.0 Å². The van der Waals surface area contributed by atoms with Gasteiger partial charge in [0, 0.05) is 18.8 Å². The summed E-state index contributed by atoms with van der Waals surface area (Å²) in [5.41, 5.74) is 1.25. The highest BCUT2D eigenvalue weighted by Gasteiger charge is 2.21. The van der Waals surface area contributed by atoms with E-state index in [2.05, 4.69) is 10.2 Å². The van der Waals surface area contributed by atoms with Crippen molar-refractivity contribution < 1.29 is 9.18 Å². The Hall–Kier alpha value is -2.67. The number of aromatic nitrogens is 3. The molecule has 0 aliphatic heterocycles. The second-order valence-corrected chi connectivity index (χ2v) is 7.27. The fourth-order valence-corrected chi connectivity index (χ4v) is 3.60. The second kappa shape index (κ2) is 8.35. The van der Waals surface area contributed by atoms with Gasteiger partial charge in [0.25, 0.3) is 0 Å². The molecule has 0 saturated carbocycles. The van der Waals surface area contributed by atoms with Crippen LogP contribution in [0.4, 0.5) is 10.1 Å². The van der Waals surface area contributed by atoms with E-state index in [-0.39, 0.29) is 23.5 Å². The van der Waals surface area contributed by atoms with Crippen molar-refractivity contribution >= 4 is 23.4 Å². The van der Waals surface area contributed by atoms with Crippen LogP contribution in [0.1, 0.15) is 13.8 Å². The molecule has 3 aromatic rings. The fraction of sp³-hybridized carbons (Fsp3) is 0.250. The van der Waals surface area contributed by atoms with Crippen molar-refractivity contribution in [3.8, 4) is 11.4 Å². The summed E-state index contributed by atoms with van der Waals surface area (Å²) in [6.45, 7) is 3.96. The maximum Gasteiger partial charge on any atom is 0.237 e. The molecule has 0 bridgehead atoms. The fourth-order valence-electron chi connectivity index (χ4n) is 2.83. The van der Waals surface area contributed by atoms with Crippen LogP contribution in [0.3, 0.4) is 0 Å². The van der Waals surface area contributed by atoms with Crippen molar-refractivity contribution in [2.75, 3.05) is 10.7 Å². The first-order valence-corrected chi connectivity index (χ1v) is 9.61. The van der Waals surface area contributed by atoms with Gasteiger partial charge in [-0.1, -0.05) is 42.1 Å². The van der Waals surface area contributed by atoms with Gasteiger partial charge in [-0.3, -0.25) is 4.79 Å². The summed E-state index contributed by atoms with van der Waals surface area (Å²) < 4.78 is 15.7. The van der Waals surface area contributed by atoms with Crippen LogP contribution >= 0.6 is 11.8 Å². The van der Waals surface area contributed by atoms with Gasteiger partial charge in [0.05, 0.1) is 11.3 Å². The van der Waals surface area contributed by atoms with Gasteiger partial charge in [0.15, 0.2) is 11.0 Å². The largest absolute Gasteiger partial charge is 0.309 e. The maximum atomic E-state index is 14.0. The molecule has 0 fully saturated rings. The Morgan fingerprint density at radius 1 is 1.11 bits per heavy atom. The Bertz CT molecular complexity index is 927. The lowest BCUT2D eigenvalue weighted by Crippen LogP contribution is -2.38. The van der Waals surface area contributed by atoms with Crippen LogP contribution in [0.2, 0.25) is 0 Å². The molecule has 1 amide bonds. The van der Waals surface area contributed by atoms with Crippen LogP contribution < -0.4 is 4.90 Å². The normalized spacial score (nSPS) is 11.0. The zero-order chi connectivity index (χ0) is 19.4. The molecule has 2 aromatic carbocycles. The van der Waals surface area contributed by atoms with E-state index in [0.29, 0.717) is 16.5 Å². The Morgan fingerprint density at radius 3 is 2.44 bits per heavy atom. The van der Waals surface area contributed by atoms with Gasteiger partial charge in [-0.05, 0) is 38.1 Å². The molecule has 7 heteroatoms. The Morgan fingerprint density at radius 2 is 1.78 bits per heavy atom. The monoisotopic (exact) mass is 384 g/mol. The highest BCUT2D eigenvalue weighted by atomic mass is 32.2. The lowest BCUT2D eigenvalue weighted by molar-refractivity contribution is -0.116. The SMILES string of the molecule is CC(C)N(C(=O)CSc1nnc(-c2ccccc2F)n1C)c1ccccc1. The van der Waals surface area contributed by atoms with Gasteiger partial charge in [-0.2, -0.15) is 0 Å². The summed E-state index contributed by atoms with van der Waals surface area (Å²) in [5, 5.41) is 8.78. The van der Waals surface area contributed by atoms with Gasteiger partial charge in [0.2, 0.25) is 5.91 Å². The number of benzene rings is 2. The Labute approximate surface area is 162 Å². The molecule has 0 unspecified atom stereocenters. The molecule has 0 aliphatic rings. The van der Waals surface area contributed by atoms with E-state index in [1.807, 2.05) is 44.2 Å². The predicted molar refractivity (Wildman–Crippen MR) is 106 cm³/mol. The number of amides is 1. The molecule has 0 N–H and O–H groups in total. The predicted octanol–water partition coefficient (Wildman–Crippen LogP) is 4.15. The Kier molecular flexibility index (Phi) is 5.91. The lowest BCUT2D eigenvalue weighted by atomic mass is 10.2. The molecule has 0 radical (unpaired) electrons. The van der Waals surface area contributed by atoms with Crippen molar-refractivity contribution in [2.24, 2.45) is 7.05 Å². The minimum atomic E-state index is -0.351. The molecule has 0 saturated heterocycles. The van der Waals surface area contributed by atoms with Gasteiger partial charge >= 0.3 is 0 Å². The van der Waals surface area contributed by atoms with Crippen molar-refractivity contribution in [1.82, 2.24) is 14.8 Å². The van der Waals surface area contributed by atoms with Gasteiger partial charge in [-0.15, -0.1) is 10.2 Å². The van der Waals surface area contributed by atoms with Gasteiger partial charge < -0.3 is 9.47 Å². The van der Waals surface area contributed by atoms with Crippen molar-refractivity contribution in [3.63, 3.8) is 0 Å². The topological polar surface area (TPSA) is 51.0 Å². The minimum absolute atomic E-state index is 0.0170. The third-order valence-corrected chi connectivity index (χ3v) is 5.10. The number of nitrogens with zero attached hydrogens (tertiary/aromatic N) is 4. The number of hydrogen-bond donors (Lipinski definition) is 0. The first-order valence-electron chi connectivity index (χ1n) is 8.63. The summed E-state index contributed by atoms with van der Waals surface area (Å²) in [6, 6.07) is 16.1. The van der Waals surface area contributed by atoms with E-state index in [4.69, 9.17) is 0 Å². The molecular weight excluding hydrogens is 363 g/mol. The summed E-state index contributed by atoms with van der Waals surface area (Å²) in [4.78, 5) is 14.6. The van der Waals surface area contributed by atoms with E-state index in [1.165, 1.54) is 17.8 Å². The van der Waals surface area contributed by atoms with Crippen LogP contribution in [-0.4, -0.2) is 32.5 Å². The average Bonchev–Trinajstić information content (AvgIpc) is 3.01. The average molecular weight is 384 g/mol. The van der Waals surface area contributed by atoms with Crippen LogP contribution in [0, 0.1) is 5.82 Å². The molecular formula is C20H21FN4OS. The molecule has 3 rings (SSSR count). The smallest absolute Gasteiger partial charge is 0.237 e. The number of anilines is 1. The summed E-state index contributed by atoms with van der Waals surface area (Å²) in [5.74, 6) is 0.287. The van der Waals surface area contributed by atoms with Crippen LogP contribution in [0.15, 0.2) is 59.8 Å². The standard InChI is InChI=1S/C20H21FN4OS/c1-14(2)25(15-9-5-4-6-10-15)18(26)13-27-20-23-22-19(24(20)3)16-11-7-8-12-17(16)21/h4-12,14H,13H2,1-3H3. The number of carbonyl (C=O) groups excluding carboxylic acids is 1. The number of rotatable bonds is 6. The van der Waals surface area contributed by atoms with E-state index in [0.717, 1.165) is 5.69 Å². The molecule has 27 heavy (non-hydrogen) atoms. The summed E-state index contributed by atoms with van der Waals surface area (Å²) >= 11 is 1.29. The minimum Gasteiger partial charge on any atom is -0.309 e.